The highest BCUT2D eigenvalue weighted by atomic mass is 35.5. The monoisotopic (exact) mass is 554 g/mol. The van der Waals surface area contributed by atoms with Crippen molar-refractivity contribution in [1.82, 2.24) is 4.90 Å². The Morgan fingerprint density at radius 3 is 2.14 bits per heavy atom. The van der Waals surface area contributed by atoms with Crippen molar-refractivity contribution in [3.63, 3.8) is 0 Å². The van der Waals surface area contributed by atoms with Crippen molar-refractivity contribution in [1.29, 1.82) is 0 Å². The number of hydrogen-bond donors (Lipinski definition) is 2. The molecule has 0 aliphatic carbocycles. The first kappa shape index (κ1) is 26.9. The number of aliphatic hydroxyl groups is 1. The van der Waals surface area contributed by atoms with Gasteiger partial charge in [-0.1, -0.05) is 11.6 Å². The summed E-state index contributed by atoms with van der Waals surface area (Å²) >= 11 is 5.95. The Hall–Kier alpha value is -2.68. The van der Waals surface area contributed by atoms with Gasteiger partial charge in [-0.05, 0) is 49.4 Å². The number of amides is 2. The van der Waals surface area contributed by atoms with Crippen molar-refractivity contribution >= 4 is 48.8 Å². The van der Waals surface area contributed by atoms with Gasteiger partial charge < -0.3 is 15.3 Å². The van der Waals surface area contributed by atoms with Gasteiger partial charge >= 0.3 is 6.18 Å². The molecule has 0 saturated carbocycles. The van der Waals surface area contributed by atoms with Crippen LogP contribution in [0.4, 0.5) is 18.9 Å². The minimum Gasteiger partial charge on any atom is -0.373 e. The van der Waals surface area contributed by atoms with E-state index >= 15 is 0 Å². The van der Waals surface area contributed by atoms with Crippen LogP contribution in [0.3, 0.4) is 0 Å². The highest BCUT2D eigenvalue weighted by Crippen LogP contribution is 2.33. The van der Waals surface area contributed by atoms with E-state index in [0.717, 1.165) is 35.2 Å². The highest BCUT2D eigenvalue weighted by Gasteiger charge is 2.55. The molecule has 1 fully saturated rings. The molecule has 1 unspecified atom stereocenters. The summed E-state index contributed by atoms with van der Waals surface area (Å²) in [6.45, 7) is 0.285. The number of carbonyl (C=O) groups is 2. The maximum Gasteiger partial charge on any atom is 0.426 e. The van der Waals surface area contributed by atoms with Gasteiger partial charge in [0.15, 0.2) is 9.84 Å². The third-order valence-corrected chi connectivity index (χ3v) is 8.81. The lowest BCUT2D eigenvalue weighted by Gasteiger charge is -2.25. The van der Waals surface area contributed by atoms with E-state index in [0.29, 0.717) is 0 Å². The summed E-state index contributed by atoms with van der Waals surface area (Å²) in [4.78, 5) is 24.8. The Bertz CT molecular complexity index is 1390. The molecule has 0 bridgehead atoms. The highest BCUT2D eigenvalue weighted by molar-refractivity contribution is 7.91. The largest absolute Gasteiger partial charge is 0.426 e. The van der Waals surface area contributed by atoms with E-state index in [9.17, 15) is 44.7 Å². The molecule has 9 nitrogen and oxygen atoms in total. The lowest BCUT2D eigenvalue weighted by Crippen LogP contribution is -2.52. The van der Waals surface area contributed by atoms with Crippen molar-refractivity contribution in [3.05, 3.63) is 53.1 Å². The second kappa shape index (κ2) is 9.08. The molecule has 0 aromatic heterocycles. The number of nitrogens with one attached hydrogen (secondary N) is 1. The predicted molar refractivity (Wildman–Crippen MR) is 118 cm³/mol. The van der Waals surface area contributed by atoms with Gasteiger partial charge in [-0.3, -0.25) is 9.59 Å². The average molecular weight is 555 g/mol. The number of carbonyl (C=O) groups excluding carboxylic acids is 2. The number of hydrogen-bond acceptors (Lipinski definition) is 7. The van der Waals surface area contributed by atoms with Crippen LogP contribution in [0.1, 0.15) is 17.3 Å². The van der Waals surface area contributed by atoms with Gasteiger partial charge in [0, 0.05) is 12.1 Å². The summed E-state index contributed by atoms with van der Waals surface area (Å²) in [5, 5.41) is 10.8. The topological polar surface area (TPSA) is 138 Å². The summed E-state index contributed by atoms with van der Waals surface area (Å²) in [5.74, 6) is -2.97. The normalized spacial score (nSPS) is 17.6. The van der Waals surface area contributed by atoms with Crippen LogP contribution in [0.25, 0.3) is 0 Å². The van der Waals surface area contributed by atoms with Gasteiger partial charge in [0.25, 0.3) is 11.8 Å². The maximum atomic E-state index is 12.9. The van der Waals surface area contributed by atoms with Crippen molar-refractivity contribution in [2.75, 3.05) is 23.5 Å². The molecule has 190 valence electrons. The molecule has 0 radical (unpaired) electrons. The first-order valence-corrected chi connectivity index (χ1v) is 13.4. The second-order valence-electron chi connectivity index (χ2n) is 7.84. The summed E-state index contributed by atoms with van der Waals surface area (Å²) in [6, 6.07) is 7.57. The number of nitrogens with zero attached hydrogens (tertiary/aromatic N) is 1. The summed E-state index contributed by atoms with van der Waals surface area (Å²) < 4.78 is 87.4. The number of anilines is 1. The maximum absolute atomic E-state index is 12.9. The van der Waals surface area contributed by atoms with Gasteiger partial charge in [-0.2, -0.15) is 13.2 Å². The molecule has 2 amide bonds. The lowest BCUT2D eigenvalue weighted by molar-refractivity contribution is -0.242. The molecule has 1 aliphatic heterocycles. The molecule has 1 aliphatic rings. The van der Waals surface area contributed by atoms with Crippen LogP contribution in [0.5, 0.6) is 0 Å². The van der Waals surface area contributed by atoms with Gasteiger partial charge in [0.1, 0.15) is 5.88 Å². The minimum absolute atomic E-state index is 0.0288. The predicted octanol–water partition coefficient (Wildman–Crippen LogP) is 2.25. The average Bonchev–Trinajstić information content (AvgIpc) is 3.13. The fourth-order valence-corrected chi connectivity index (χ4v) is 5.94. The SMILES string of the molecule is CC(O)(C(=O)Nc1ccc(S(=O)(=O)c2ccc(C(=O)N3CCS(=O)(=O)C3)cc2)cc1Cl)C(F)(F)F. The van der Waals surface area contributed by atoms with Gasteiger partial charge in [-0.25, -0.2) is 16.8 Å². The molecule has 2 aromatic rings. The van der Waals surface area contributed by atoms with Crippen LogP contribution in [0, 0.1) is 0 Å². The Kier molecular flexibility index (Phi) is 6.98. The zero-order chi connectivity index (χ0) is 26.4. The third kappa shape index (κ3) is 5.44. The molecule has 1 saturated heterocycles. The van der Waals surface area contributed by atoms with Gasteiger partial charge in [-0.15, -0.1) is 0 Å². The van der Waals surface area contributed by atoms with E-state index in [1.165, 1.54) is 12.1 Å². The van der Waals surface area contributed by atoms with Crippen LogP contribution < -0.4 is 5.32 Å². The Morgan fingerprint density at radius 2 is 1.66 bits per heavy atom. The Morgan fingerprint density at radius 1 is 1.09 bits per heavy atom. The van der Waals surface area contributed by atoms with E-state index < -0.39 is 54.2 Å². The van der Waals surface area contributed by atoms with E-state index in [1.54, 1.807) is 0 Å². The number of halogens is 4. The first-order chi connectivity index (χ1) is 16.0. The van der Waals surface area contributed by atoms with Crippen LogP contribution in [-0.2, 0) is 24.5 Å². The third-order valence-electron chi connectivity index (χ3n) is 5.22. The summed E-state index contributed by atoms with van der Waals surface area (Å²) in [6.07, 6.45) is -5.26. The molecule has 15 heteroatoms. The fraction of sp³-hybridized carbons (Fsp3) is 0.300. The fourth-order valence-electron chi connectivity index (χ4n) is 3.01. The van der Waals surface area contributed by atoms with E-state index in [4.69, 9.17) is 11.6 Å². The first-order valence-electron chi connectivity index (χ1n) is 9.71. The van der Waals surface area contributed by atoms with Crippen LogP contribution in [0.2, 0.25) is 5.02 Å². The smallest absolute Gasteiger partial charge is 0.373 e. The molecular weight excluding hydrogens is 537 g/mol. The number of sulfone groups is 2. The number of benzene rings is 2. The van der Waals surface area contributed by atoms with Gasteiger partial charge in [0.2, 0.25) is 15.4 Å². The molecule has 1 heterocycles. The van der Waals surface area contributed by atoms with Gasteiger partial charge in [0.05, 0.1) is 26.3 Å². The summed E-state index contributed by atoms with van der Waals surface area (Å²) in [7, 11) is -7.53. The number of alkyl halides is 3. The van der Waals surface area contributed by atoms with Crippen LogP contribution >= 0.6 is 11.6 Å². The van der Waals surface area contributed by atoms with Crippen molar-refractivity contribution in [3.8, 4) is 0 Å². The second-order valence-corrected chi connectivity index (χ2v) is 12.3. The minimum atomic E-state index is -5.26. The molecule has 0 spiro atoms. The van der Waals surface area contributed by atoms with Crippen LogP contribution in [-0.4, -0.2) is 68.6 Å². The molecule has 1 atom stereocenters. The van der Waals surface area contributed by atoms with E-state index in [2.05, 4.69) is 0 Å². The zero-order valence-electron chi connectivity index (χ0n) is 17.8. The van der Waals surface area contributed by atoms with Crippen molar-refractivity contribution in [2.45, 2.75) is 28.5 Å². The Labute approximate surface area is 203 Å². The molecule has 3 rings (SSSR count). The van der Waals surface area contributed by atoms with E-state index in [1.807, 2.05) is 5.32 Å². The zero-order valence-corrected chi connectivity index (χ0v) is 20.2. The quantitative estimate of drug-likeness (QED) is 0.578. The van der Waals surface area contributed by atoms with Crippen molar-refractivity contribution < 1.29 is 44.7 Å². The molecule has 2 N–H and O–H groups in total. The lowest BCUT2D eigenvalue weighted by atomic mass is 10.1. The molecule has 35 heavy (non-hydrogen) atoms. The number of rotatable bonds is 5. The van der Waals surface area contributed by atoms with Crippen molar-refractivity contribution in [2.24, 2.45) is 0 Å². The Balaban J connectivity index is 1.80. The summed E-state index contributed by atoms with van der Waals surface area (Å²) in [5.41, 5.74) is -3.99. The molecule has 2 aromatic carbocycles. The standard InChI is InChI=1S/C20H18ClF3N2O7S2/c1-19(29,20(22,23)24)18(28)25-16-7-6-14(10-15(16)21)35(32,33)13-4-2-12(3-5-13)17(27)26-8-9-34(30,31)11-26/h2-7,10,29H,8-9,11H2,1H3,(H,25,28). The molecular formula is C20H18ClF3N2O7S2. The van der Waals surface area contributed by atoms with Crippen LogP contribution in [0.15, 0.2) is 52.3 Å². The van der Waals surface area contributed by atoms with E-state index in [-0.39, 0.29) is 40.3 Å².